The van der Waals surface area contributed by atoms with Gasteiger partial charge in [-0.3, -0.25) is 0 Å². The maximum absolute atomic E-state index is 11.3. The van der Waals surface area contributed by atoms with Crippen molar-refractivity contribution in [3.63, 3.8) is 0 Å². The molecule has 0 radical (unpaired) electrons. The van der Waals surface area contributed by atoms with E-state index in [1.54, 1.807) is 31.2 Å². The Morgan fingerprint density at radius 2 is 2.06 bits per heavy atom. The topological polar surface area (TPSA) is 95.9 Å². The predicted molar refractivity (Wildman–Crippen MR) is 64.4 cm³/mol. The number of ether oxygens (including phenoxy) is 1. The van der Waals surface area contributed by atoms with Crippen LogP contribution in [0.2, 0.25) is 0 Å². The maximum atomic E-state index is 11.3. The molecule has 7 nitrogen and oxygen atoms in total. The molecule has 0 aliphatic heterocycles. The molecule has 2 aromatic rings. The normalized spacial score (nSPS) is 12.1. The molecule has 0 bridgehead atoms. The predicted octanol–water partition coefficient (Wildman–Crippen LogP) is 0.656. The molecule has 2 N–H and O–H groups in total. The monoisotopic (exact) mass is 247 g/mol. The Morgan fingerprint density at radius 3 is 2.67 bits per heavy atom. The lowest BCUT2D eigenvalue weighted by Crippen LogP contribution is -2.20. The summed E-state index contributed by atoms with van der Waals surface area (Å²) in [6.07, 6.45) is 0. The number of rotatable bonds is 3. The fourth-order valence-electron chi connectivity index (χ4n) is 1.40. The minimum absolute atomic E-state index is 0.420. The van der Waals surface area contributed by atoms with Crippen molar-refractivity contribution in [2.45, 2.75) is 13.0 Å². The molecule has 1 atom stereocenters. The second-order valence-corrected chi connectivity index (χ2v) is 3.75. The Balaban J connectivity index is 2.25. The lowest BCUT2D eigenvalue weighted by Gasteiger charge is -2.05. The molecule has 7 heteroatoms. The van der Waals surface area contributed by atoms with Crippen molar-refractivity contribution in [1.29, 1.82) is 0 Å². The van der Waals surface area contributed by atoms with Gasteiger partial charge in [0.2, 0.25) is 5.82 Å². The van der Waals surface area contributed by atoms with Gasteiger partial charge in [-0.2, -0.15) is 0 Å². The van der Waals surface area contributed by atoms with Crippen LogP contribution in [0.15, 0.2) is 24.3 Å². The van der Waals surface area contributed by atoms with E-state index in [0.717, 1.165) is 5.56 Å². The second kappa shape index (κ2) is 4.82. The van der Waals surface area contributed by atoms with Crippen molar-refractivity contribution in [3.05, 3.63) is 24.3 Å². The first-order chi connectivity index (χ1) is 8.61. The van der Waals surface area contributed by atoms with E-state index in [2.05, 4.69) is 20.1 Å². The van der Waals surface area contributed by atoms with Crippen LogP contribution in [-0.4, -0.2) is 33.3 Å². The first kappa shape index (κ1) is 12.0. The standard InChI is InChI=1S/C11H13N5O2/c1-7(11(17)18-2)16-14-10(13-15-16)8-3-5-9(12)6-4-8/h3-7H,12H2,1-2H3/t7-/m1/s1. The van der Waals surface area contributed by atoms with Gasteiger partial charge in [-0.25, -0.2) is 4.79 Å². The van der Waals surface area contributed by atoms with Gasteiger partial charge in [0.25, 0.3) is 0 Å². The fraction of sp³-hybridized carbons (Fsp3) is 0.273. The molecule has 0 spiro atoms. The van der Waals surface area contributed by atoms with Crippen LogP contribution < -0.4 is 5.73 Å². The highest BCUT2D eigenvalue weighted by Gasteiger charge is 2.18. The Kier molecular flexibility index (Phi) is 3.22. The van der Waals surface area contributed by atoms with E-state index in [9.17, 15) is 4.79 Å². The zero-order chi connectivity index (χ0) is 13.1. The number of hydrogen-bond acceptors (Lipinski definition) is 6. The quantitative estimate of drug-likeness (QED) is 0.632. The SMILES string of the molecule is COC(=O)[C@@H](C)n1nnc(-c2ccc(N)cc2)n1. The van der Waals surface area contributed by atoms with Crippen LogP contribution in [0.4, 0.5) is 5.69 Å². The number of carbonyl (C=O) groups is 1. The van der Waals surface area contributed by atoms with Gasteiger partial charge in [-0.05, 0) is 36.4 Å². The number of aromatic nitrogens is 4. The summed E-state index contributed by atoms with van der Waals surface area (Å²) in [5.41, 5.74) is 7.04. The minimum atomic E-state index is -0.606. The second-order valence-electron chi connectivity index (χ2n) is 3.75. The van der Waals surface area contributed by atoms with Crippen molar-refractivity contribution < 1.29 is 9.53 Å². The van der Waals surface area contributed by atoms with E-state index >= 15 is 0 Å². The third kappa shape index (κ3) is 2.29. The Labute approximate surface area is 104 Å². The van der Waals surface area contributed by atoms with Gasteiger partial charge in [-0.15, -0.1) is 15.0 Å². The molecule has 18 heavy (non-hydrogen) atoms. The van der Waals surface area contributed by atoms with Crippen molar-refractivity contribution in [3.8, 4) is 11.4 Å². The van der Waals surface area contributed by atoms with Gasteiger partial charge in [-0.1, -0.05) is 0 Å². The largest absolute Gasteiger partial charge is 0.467 e. The minimum Gasteiger partial charge on any atom is -0.467 e. The molecule has 0 unspecified atom stereocenters. The summed E-state index contributed by atoms with van der Waals surface area (Å²) < 4.78 is 4.61. The maximum Gasteiger partial charge on any atom is 0.332 e. The van der Waals surface area contributed by atoms with E-state index < -0.39 is 12.0 Å². The summed E-state index contributed by atoms with van der Waals surface area (Å²) in [7, 11) is 1.32. The molecular weight excluding hydrogens is 234 g/mol. The number of nitrogens with zero attached hydrogens (tertiary/aromatic N) is 4. The molecule has 1 aromatic heterocycles. The number of anilines is 1. The van der Waals surface area contributed by atoms with E-state index in [1.807, 2.05) is 0 Å². The van der Waals surface area contributed by atoms with Gasteiger partial charge < -0.3 is 10.5 Å². The zero-order valence-corrected chi connectivity index (χ0v) is 10.1. The van der Waals surface area contributed by atoms with Gasteiger partial charge in [0.05, 0.1) is 7.11 Å². The first-order valence-electron chi connectivity index (χ1n) is 5.35. The van der Waals surface area contributed by atoms with Crippen LogP contribution in [0.5, 0.6) is 0 Å². The molecule has 0 fully saturated rings. The Morgan fingerprint density at radius 1 is 1.39 bits per heavy atom. The molecule has 0 amide bonds. The average molecular weight is 247 g/mol. The highest BCUT2D eigenvalue weighted by molar-refractivity contribution is 5.73. The lowest BCUT2D eigenvalue weighted by molar-refractivity contribution is -0.144. The third-order valence-corrected chi connectivity index (χ3v) is 2.49. The smallest absolute Gasteiger partial charge is 0.332 e. The number of nitrogen functional groups attached to an aromatic ring is 1. The van der Waals surface area contributed by atoms with Crippen LogP contribution in [0.3, 0.4) is 0 Å². The molecule has 1 aromatic carbocycles. The number of nitrogens with two attached hydrogens (primary N) is 1. The molecule has 0 saturated carbocycles. The van der Waals surface area contributed by atoms with Gasteiger partial charge >= 0.3 is 5.97 Å². The third-order valence-electron chi connectivity index (χ3n) is 2.49. The van der Waals surface area contributed by atoms with E-state index in [4.69, 9.17) is 5.73 Å². The van der Waals surface area contributed by atoms with Gasteiger partial charge in [0.1, 0.15) is 0 Å². The number of methoxy groups -OCH3 is 1. The zero-order valence-electron chi connectivity index (χ0n) is 10.1. The average Bonchev–Trinajstić information content (AvgIpc) is 2.87. The molecule has 1 heterocycles. The highest BCUT2D eigenvalue weighted by Crippen LogP contribution is 2.16. The van der Waals surface area contributed by atoms with Crippen LogP contribution >= 0.6 is 0 Å². The lowest BCUT2D eigenvalue weighted by atomic mass is 10.2. The summed E-state index contributed by atoms with van der Waals surface area (Å²) >= 11 is 0. The summed E-state index contributed by atoms with van der Waals surface area (Å²) in [4.78, 5) is 12.6. The molecule has 0 aliphatic rings. The number of benzene rings is 1. The number of tetrazole rings is 1. The van der Waals surface area contributed by atoms with Crippen molar-refractivity contribution in [1.82, 2.24) is 20.2 Å². The van der Waals surface area contributed by atoms with Crippen LogP contribution in [-0.2, 0) is 9.53 Å². The summed E-state index contributed by atoms with van der Waals surface area (Å²) in [5.74, 6) is 0.0157. The molecular formula is C11H13N5O2. The summed E-state index contributed by atoms with van der Waals surface area (Å²) in [6.45, 7) is 1.64. The Bertz CT molecular complexity index is 549. The van der Waals surface area contributed by atoms with Gasteiger partial charge in [0.15, 0.2) is 6.04 Å². The van der Waals surface area contributed by atoms with Crippen molar-refractivity contribution >= 4 is 11.7 Å². The van der Waals surface area contributed by atoms with E-state index in [-0.39, 0.29) is 0 Å². The Hall–Kier alpha value is -2.44. The van der Waals surface area contributed by atoms with Crippen LogP contribution in [0.1, 0.15) is 13.0 Å². The van der Waals surface area contributed by atoms with Crippen molar-refractivity contribution in [2.75, 3.05) is 12.8 Å². The fourth-order valence-corrected chi connectivity index (χ4v) is 1.40. The molecule has 0 aliphatic carbocycles. The number of hydrogen-bond donors (Lipinski definition) is 1. The van der Waals surface area contributed by atoms with E-state index in [1.165, 1.54) is 11.9 Å². The van der Waals surface area contributed by atoms with Crippen LogP contribution in [0, 0.1) is 0 Å². The van der Waals surface area contributed by atoms with Crippen molar-refractivity contribution in [2.24, 2.45) is 0 Å². The van der Waals surface area contributed by atoms with E-state index in [0.29, 0.717) is 11.5 Å². The summed E-state index contributed by atoms with van der Waals surface area (Å²) in [5, 5.41) is 11.8. The summed E-state index contributed by atoms with van der Waals surface area (Å²) in [6, 6.07) is 6.48. The molecule has 2 rings (SSSR count). The van der Waals surface area contributed by atoms with Crippen LogP contribution in [0.25, 0.3) is 11.4 Å². The number of carbonyl (C=O) groups excluding carboxylic acids is 1. The first-order valence-corrected chi connectivity index (χ1v) is 5.35. The van der Waals surface area contributed by atoms with Gasteiger partial charge in [0, 0.05) is 11.3 Å². The molecule has 0 saturated heterocycles. The highest BCUT2D eigenvalue weighted by atomic mass is 16.5. The molecule has 94 valence electrons. The number of esters is 1.